The highest BCUT2D eigenvalue weighted by Crippen LogP contribution is 2.25. The third-order valence-electron chi connectivity index (χ3n) is 5.52. The van der Waals surface area contributed by atoms with Crippen LogP contribution in [0.2, 0.25) is 0 Å². The predicted octanol–water partition coefficient (Wildman–Crippen LogP) is 3.84. The van der Waals surface area contributed by atoms with Gasteiger partial charge in [0.25, 0.3) is 5.56 Å². The lowest BCUT2D eigenvalue weighted by atomic mass is 10.0. The topological polar surface area (TPSA) is 77.8 Å². The predicted molar refractivity (Wildman–Crippen MR) is 121 cm³/mol. The molecular weight excluding hydrogens is 394 g/mol. The molecular formula is C24H27N3O4. The molecule has 4 rings (SSSR count). The molecule has 7 heteroatoms. The Bertz CT molecular complexity index is 1110. The number of H-pyrrole nitrogens is 1. The molecule has 1 fully saturated rings. The second kappa shape index (κ2) is 9.22. The van der Waals surface area contributed by atoms with E-state index in [1.807, 2.05) is 55.5 Å². The van der Waals surface area contributed by atoms with Crippen molar-refractivity contribution in [2.45, 2.75) is 25.9 Å². The number of aliphatic imine (C=N–C) groups is 1. The molecule has 7 nitrogen and oxygen atoms in total. The largest absolute Gasteiger partial charge is 0.497 e. The fourth-order valence-corrected chi connectivity index (χ4v) is 3.76. The molecule has 0 saturated carbocycles. The van der Waals surface area contributed by atoms with Crippen LogP contribution < -0.4 is 15.0 Å². The SMILES string of the molecule is COc1ccc(-c2[nH]n(-c3ccc(OC)cc3)c(=O)c2C(C)=NC[C@H]2CCCO2)cc1. The summed E-state index contributed by atoms with van der Waals surface area (Å²) in [5, 5.41) is 3.28. The Balaban J connectivity index is 1.78. The standard InChI is InChI=1S/C24H27N3O4/c1-16(25-15-21-5-4-14-31-21)22-23(17-6-10-19(29-2)11-7-17)26-27(24(22)28)18-8-12-20(30-3)13-9-18/h6-13,21,26H,4-5,14-15H2,1-3H3/t21-/m1/s1. The van der Waals surface area contributed by atoms with Crippen LogP contribution in [0.3, 0.4) is 0 Å². The van der Waals surface area contributed by atoms with E-state index in [0.717, 1.165) is 47.9 Å². The van der Waals surface area contributed by atoms with Gasteiger partial charge in [0, 0.05) is 17.9 Å². The van der Waals surface area contributed by atoms with Gasteiger partial charge in [-0.3, -0.25) is 14.9 Å². The molecule has 1 saturated heterocycles. The molecule has 0 amide bonds. The van der Waals surface area contributed by atoms with E-state index in [9.17, 15) is 4.79 Å². The zero-order valence-electron chi connectivity index (χ0n) is 18.1. The molecule has 1 N–H and O–H groups in total. The van der Waals surface area contributed by atoms with E-state index in [4.69, 9.17) is 19.2 Å². The molecule has 0 radical (unpaired) electrons. The van der Waals surface area contributed by atoms with Crippen molar-refractivity contribution in [2.24, 2.45) is 4.99 Å². The summed E-state index contributed by atoms with van der Waals surface area (Å²) in [6.07, 6.45) is 2.19. The summed E-state index contributed by atoms with van der Waals surface area (Å²) in [7, 11) is 3.24. The highest BCUT2D eigenvalue weighted by atomic mass is 16.5. The van der Waals surface area contributed by atoms with E-state index in [0.29, 0.717) is 17.8 Å². The Morgan fingerprint density at radius 3 is 2.32 bits per heavy atom. The first-order valence-corrected chi connectivity index (χ1v) is 10.4. The maximum Gasteiger partial charge on any atom is 0.280 e. The number of aromatic nitrogens is 2. The minimum atomic E-state index is -0.149. The molecule has 0 bridgehead atoms. The van der Waals surface area contributed by atoms with Crippen molar-refractivity contribution in [1.29, 1.82) is 0 Å². The number of rotatable bonds is 7. The molecule has 31 heavy (non-hydrogen) atoms. The second-order valence-electron chi connectivity index (χ2n) is 7.49. The fourth-order valence-electron chi connectivity index (χ4n) is 3.76. The molecule has 162 valence electrons. The molecule has 3 aromatic rings. The van der Waals surface area contributed by atoms with Crippen molar-refractivity contribution in [1.82, 2.24) is 9.78 Å². The lowest BCUT2D eigenvalue weighted by molar-refractivity contribution is 0.118. The molecule has 0 unspecified atom stereocenters. The van der Waals surface area contributed by atoms with Gasteiger partial charge in [-0.05, 0) is 68.3 Å². The quantitative estimate of drug-likeness (QED) is 0.588. The zero-order chi connectivity index (χ0) is 21.8. The third kappa shape index (κ3) is 4.41. The fraction of sp³-hybridized carbons (Fsp3) is 0.333. The van der Waals surface area contributed by atoms with E-state index in [-0.39, 0.29) is 11.7 Å². The van der Waals surface area contributed by atoms with Gasteiger partial charge >= 0.3 is 0 Å². The maximum atomic E-state index is 13.4. The number of nitrogens with one attached hydrogen (secondary N) is 1. The van der Waals surface area contributed by atoms with Crippen molar-refractivity contribution >= 4 is 5.71 Å². The van der Waals surface area contributed by atoms with Crippen molar-refractivity contribution < 1.29 is 14.2 Å². The number of benzene rings is 2. The van der Waals surface area contributed by atoms with Crippen LogP contribution in [0.4, 0.5) is 0 Å². The zero-order valence-corrected chi connectivity index (χ0v) is 18.1. The van der Waals surface area contributed by atoms with Crippen LogP contribution in [0.25, 0.3) is 16.9 Å². The highest BCUT2D eigenvalue weighted by molar-refractivity contribution is 6.03. The first-order valence-electron chi connectivity index (χ1n) is 10.4. The summed E-state index contributed by atoms with van der Waals surface area (Å²) in [4.78, 5) is 18.1. The summed E-state index contributed by atoms with van der Waals surface area (Å²) in [6.45, 7) is 3.22. The molecule has 2 aromatic carbocycles. The summed E-state index contributed by atoms with van der Waals surface area (Å²) in [5.41, 5.74) is 3.42. The number of ether oxygens (including phenoxy) is 3. The van der Waals surface area contributed by atoms with Crippen LogP contribution in [-0.4, -0.2) is 49.0 Å². The normalized spacial score (nSPS) is 16.5. The van der Waals surface area contributed by atoms with Gasteiger partial charge in [-0.25, -0.2) is 4.68 Å². The van der Waals surface area contributed by atoms with Gasteiger partial charge in [0.05, 0.1) is 43.8 Å². The molecule has 2 heterocycles. The van der Waals surface area contributed by atoms with Gasteiger partial charge in [-0.1, -0.05) is 0 Å². The Kier molecular flexibility index (Phi) is 6.23. The van der Waals surface area contributed by atoms with Crippen molar-refractivity contribution in [3.05, 3.63) is 64.4 Å². The van der Waals surface area contributed by atoms with Gasteiger partial charge in [0.15, 0.2) is 0 Å². The van der Waals surface area contributed by atoms with E-state index >= 15 is 0 Å². The van der Waals surface area contributed by atoms with Crippen LogP contribution in [-0.2, 0) is 4.74 Å². The Hall–Kier alpha value is -3.32. The number of aromatic amines is 1. The first kappa shape index (κ1) is 20.9. The first-order chi connectivity index (χ1) is 15.1. The van der Waals surface area contributed by atoms with Gasteiger partial charge in [-0.15, -0.1) is 0 Å². The van der Waals surface area contributed by atoms with Gasteiger partial charge in [0.2, 0.25) is 0 Å². The number of methoxy groups -OCH3 is 2. The molecule has 1 aliphatic heterocycles. The monoisotopic (exact) mass is 421 g/mol. The van der Waals surface area contributed by atoms with Gasteiger partial charge < -0.3 is 14.2 Å². The maximum absolute atomic E-state index is 13.4. The van der Waals surface area contributed by atoms with Crippen LogP contribution >= 0.6 is 0 Å². The molecule has 1 atom stereocenters. The van der Waals surface area contributed by atoms with Crippen LogP contribution in [0, 0.1) is 0 Å². The van der Waals surface area contributed by atoms with E-state index < -0.39 is 0 Å². The van der Waals surface area contributed by atoms with Gasteiger partial charge in [-0.2, -0.15) is 0 Å². The van der Waals surface area contributed by atoms with Crippen LogP contribution in [0.15, 0.2) is 58.3 Å². The third-order valence-corrected chi connectivity index (χ3v) is 5.52. The Labute approximate surface area is 181 Å². The van der Waals surface area contributed by atoms with Crippen molar-refractivity contribution in [3.63, 3.8) is 0 Å². The van der Waals surface area contributed by atoms with E-state index in [1.54, 1.807) is 18.9 Å². The summed E-state index contributed by atoms with van der Waals surface area (Å²) in [5.74, 6) is 1.49. The van der Waals surface area contributed by atoms with E-state index in [2.05, 4.69) is 5.10 Å². The smallest absolute Gasteiger partial charge is 0.280 e. The molecule has 0 spiro atoms. The Morgan fingerprint density at radius 1 is 1.10 bits per heavy atom. The number of hydrogen-bond donors (Lipinski definition) is 1. The average Bonchev–Trinajstić information content (AvgIpc) is 3.45. The number of nitrogens with zero attached hydrogens (tertiary/aromatic N) is 2. The average molecular weight is 421 g/mol. The van der Waals surface area contributed by atoms with Crippen LogP contribution in [0.1, 0.15) is 25.3 Å². The Morgan fingerprint density at radius 2 is 1.74 bits per heavy atom. The lowest BCUT2D eigenvalue weighted by Crippen LogP contribution is -2.20. The van der Waals surface area contributed by atoms with E-state index in [1.165, 1.54) is 0 Å². The van der Waals surface area contributed by atoms with Crippen LogP contribution in [0.5, 0.6) is 11.5 Å². The lowest BCUT2D eigenvalue weighted by Gasteiger charge is -2.07. The summed E-state index contributed by atoms with van der Waals surface area (Å²) in [6, 6.07) is 15.0. The molecule has 1 aromatic heterocycles. The second-order valence-corrected chi connectivity index (χ2v) is 7.49. The molecule has 1 aliphatic rings. The minimum absolute atomic E-state index is 0.127. The summed E-state index contributed by atoms with van der Waals surface area (Å²) >= 11 is 0. The highest BCUT2D eigenvalue weighted by Gasteiger charge is 2.21. The van der Waals surface area contributed by atoms with Gasteiger partial charge in [0.1, 0.15) is 11.5 Å². The number of hydrogen-bond acceptors (Lipinski definition) is 5. The molecule has 0 aliphatic carbocycles. The summed E-state index contributed by atoms with van der Waals surface area (Å²) < 4.78 is 17.7. The van der Waals surface area contributed by atoms with Crippen molar-refractivity contribution in [2.75, 3.05) is 27.4 Å². The van der Waals surface area contributed by atoms with Crippen molar-refractivity contribution in [3.8, 4) is 28.4 Å². The minimum Gasteiger partial charge on any atom is -0.497 e.